The Bertz CT molecular complexity index is 1080. The molecule has 2 aromatic carbocycles. The van der Waals surface area contributed by atoms with Crippen LogP contribution in [0.3, 0.4) is 0 Å². The second-order valence-corrected chi connectivity index (χ2v) is 6.93. The van der Waals surface area contributed by atoms with Crippen molar-refractivity contribution in [1.82, 2.24) is 10.2 Å². The van der Waals surface area contributed by atoms with Crippen LogP contribution in [0.2, 0.25) is 0 Å². The first-order chi connectivity index (χ1) is 15.0. The van der Waals surface area contributed by atoms with Gasteiger partial charge in [-0.25, -0.2) is 14.0 Å². The number of urea groups is 1. The van der Waals surface area contributed by atoms with Gasteiger partial charge in [-0.1, -0.05) is 24.3 Å². The molecular weight excluding hydrogens is 405 g/mol. The number of hydrogen-bond donors (Lipinski definition) is 2. The maximum atomic E-state index is 13.4. The summed E-state index contributed by atoms with van der Waals surface area (Å²) in [4.78, 5) is 39.0. The van der Waals surface area contributed by atoms with Gasteiger partial charge in [0.1, 0.15) is 24.7 Å². The number of rotatable bonds is 6. The second kappa shape index (κ2) is 8.47. The quantitative estimate of drug-likeness (QED) is 0.694. The second-order valence-electron chi connectivity index (χ2n) is 6.93. The summed E-state index contributed by atoms with van der Waals surface area (Å²) in [5.41, 5.74) is 1.46. The van der Waals surface area contributed by atoms with E-state index in [1.54, 1.807) is 24.3 Å². The first kappa shape index (κ1) is 20.4. The van der Waals surface area contributed by atoms with E-state index in [2.05, 4.69) is 10.6 Å². The van der Waals surface area contributed by atoms with Gasteiger partial charge in [0.25, 0.3) is 0 Å². The molecule has 31 heavy (non-hydrogen) atoms. The largest absolute Gasteiger partial charge is 0.494 e. The van der Waals surface area contributed by atoms with Crippen molar-refractivity contribution in [3.63, 3.8) is 0 Å². The van der Waals surface area contributed by atoms with E-state index in [0.29, 0.717) is 23.6 Å². The summed E-state index contributed by atoms with van der Waals surface area (Å²) in [7, 11) is 0. The van der Waals surface area contributed by atoms with Crippen LogP contribution >= 0.6 is 0 Å². The molecule has 0 saturated heterocycles. The third kappa shape index (κ3) is 4.07. The van der Waals surface area contributed by atoms with Crippen LogP contribution in [0.1, 0.15) is 18.5 Å². The van der Waals surface area contributed by atoms with Gasteiger partial charge in [0.15, 0.2) is 0 Å². The fraction of sp³-hybridized carbons (Fsp3) is 0.227. The average Bonchev–Trinajstić information content (AvgIpc) is 3.12. The van der Waals surface area contributed by atoms with E-state index in [1.165, 1.54) is 24.3 Å². The Labute approximate surface area is 177 Å². The Hall–Kier alpha value is -3.88. The smallest absolute Gasteiger partial charge is 0.338 e. The minimum absolute atomic E-state index is 0.123. The van der Waals surface area contributed by atoms with Crippen molar-refractivity contribution < 1.29 is 28.2 Å². The Kier molecular flexibility index (Phi) is 5.57. The lowest BCUT2D eigenvalue weighted by Gasteiger charge is -2.33. The Morgan fingerprint density at radius 3 is 2.84 bits per heavy atom. The van der Waals surface area contributed by atoms with Crippen molar-refractivity contribution in [2.45, 2.75) is 13.0 Å². The molecule has 0 bridgehead atoms. The number of carbonyl (C=O) groups excluding carboxylic acids is 3. The fourth-order valence-corrected chi connectivity index (χ4v) is 3.63. The number of para-hydroxylation sites is 1. The van der Waals surface area contributed by atoms with Crippen molar-refractivity contribution in [3.05, 3.63) is 71.2 Å². The number of esters is 1. The Morgan fingerprint density at radius 1 is 1.26 bits per heavy atom. The van der Waals surface area contributed by atoms with Crippen molar-refractivity contribution in [3.8, 4) is 5.75 Å². The molecule has 2 aromatic rings. The molecule has 0 spiro atoms. The summed E-state index contributed by atoms with van der Waals surface area (Å²) in [6.07, 6.45) is 0. The van der Waals surface area contributed by atoms with Gasteiger partial charge in [-0.05, 0) is 31.2 Å². The van der Waals surface area contributed by atoms with Gasteiger partial charge in [0.2, 0.25) is 5.91 Å². The summed E-state index contributed by atoms with van der Waals surface area (Å²) in [5.74, 6) is -1.06. The lowest BCUT2D eigenvalue weighted by Crippen LogP contribution is -2.49. The molecule has 2 heterocycles. The number of hydrogen-bond acceptors (Lipinski definition) is 5. The zero-order chi connectivity index (χ0) is 22.0. The lowest BCUT2D eigenvalue weighted by atomic mass is 9.95. The molecule has 0 aliphatic carbocycles. The number of carbonyl (C=O) groups is 3. The number of amides is 3. The van der Waals surface area contributed by atoms with Crippen molar-refractivity contribution in [2.75, 3.05) is 25.1 Å². The fourth-order valence-electron chi connectivity index (χ4n) is 3.63. The number of nitrogens with zero attached hydrogens (tertiary/aromatic N) is 1. The minimum Gasteiger partial charge on any atom is -0.494 e. The van der Waals surface area contributed by atoms with Crippen LogP contribution in [0.5, 0.6) is 5.75 Å². The Balaban J connectivity index is 1.62. The molecule has 9 heteroatoms. The molecule has 4 rings (SSSR count). The van der Waals surface area contributed by atoms with Crippen LogP contribution in [-0.4, -0.2) is 42.6 Å². The zero-order valence-electron chi connectivity index (χ0n) is 16.7. The van der Waals surface area contributed by atoms with Crippen LogP contribution in [0, 0.1) is 5.82 Å². The van der Waals surface area contributed by atoms with E-state index in [9.17, 15) is 18.8 Å². The molecule has 2 aliphatic heterocycles. The van der Waals surface area contributed by atoms with Crippen molar-refractivity contribution in [1.29, 1.82) is 0 Å². The van der Waals surface area contributed by atoms with E-state index < -0.39 is 29.8 Å². The number of benzene rings is 2. The van der Waals surface area contributed by atoms with Gasteiger partial charge in [0.05, 0.1) is 23.9 Å². The number of anilines is 1. The van der Waals surface area contributed by atoms with E-state index >= 15 is 0 Å². The summed E-state index contributed by atoms with van der Waals surface area (Å²) >= 11 is 0. The van der Waals surface area contributed by atoms with Crippen LogP contribution in [0.25, 0.3) is 0 Å². The molecule has 2 N–H and O–H groups in total. The molecule has 0 unspecified atom stereocenters. The number of nitrogens with one attached hydrogen (secondary N) is 2. The maximum absolute atomic E-state index is 13.4. The van der Waals surface area contributed by atoms with E-state index in [1.807, 2.05) is 6.92 Å². The minimum atomic E-state index is -0.761. The SMILES string of the molecule is CCOc1ccccc1[C@H]1NC(=O)N(CC(=O)Nc2cccc(F)c2)C2=C1C(=O)OC2. The van der Waals surface area contributed by atoms with Gasteiger partial charge in [-0.2, -0.15) is 0 Å². The first-order valence-electron chi connectivity index (χ1n) is 9.73. The first-order valence-corrected chi connectivity index (χ1v) is 9.73. The highest BCUT2D eigenvalue weighted by Gasteiger charge is 2.43. The van der Waals surface area contributed by atoms with Crippen LogP contribution in [0.15, 0.2) is 59.8 Å². The molecule has 1 atom stereocenters. The predicted octanol–water partition coefficient (Wildman–Crippen LogP) is 2.74. The van der Waals surface area contributed by atoms with Gasteiger partial charge >= 0.3 is 12.0 Å². The molecule has 160 valence electrons. The van der Waals surface area contributed by atoms with E-state index in [0.717, 1.165) is 4.90 Å². The molecule has 3 amide bonds. The summed E-state index contributed by atoms with van der Waals surface area (Å²) in [6, 6.07) is 11.2. The monoisotopic (exact) mass is 425 g/mol. The highest BCUT2D eigenvalue weighted by Crippen LogP contribution is 2.38. The zero-order valence-corrected chi connectivity index (χ0v) is 16.7. The topological polar surface area (TPSA) is 97.0 Å². The highest BCUT2D eigenvalue weighted by atomic mass is 19.1. The van der Waals surface area contributed by atoms with Gasteiger partial charge in [0, 0.05) is 11.3 Å². The van der Waals surface area contributed by atoms with Crippen molar-refractivity contribution in [2.24, 2.45) is 0 Å². The summed E-state index contributed by atoms with van der Waals surface area (Å²) < 4.78 is 24.2. The third-order valence-corrected chi connectivity index (χ3v) is 4.94. The number of halogens is 1. The predicted molar refractivity (Wildman–Crippen MR) is 109 cm³/mol. The number of ether oxygens (including phenoxy) is 2. The highest BCUT2D eigenvalue weighted by molar-refractivity contribution is 6.00. The van der Waals surface area contributed by atoms with E-state index in [-0.39, 0.29) is 24.4 Å². The molecule has 8 nitrogen and oxygen atoms in total. The van der Waals surface area contributed by atoms with Gasteiger partial charge in [-0.15, -0.1) is 0 Å². The standard InChI is InChI=1S/C22H20FN3O5/c1-2-30-17-9-4-3-8-15(17)20-19-16(12-31-21(19)28)26(22(29)25-20)11-18(27)24-14-7-5-6-13(23)10-14/h3-10,20H,2,11-12H2,1H3,(H,24,27)(H,25,29)/t20-/m1/s1. The van der Waals surface area contributed by atoms with Crippen LogP contribution in [-0.2, 0) is 14.3 Å². The normalized spacial score (nSPS) is 17.7. The van der Waals surface area contributed by atoms with Gasteiger partial charge in [-0.3, -0.25) is 9.69 Å². The molecule has 0 fully saturated rings. The number of cyclic esters (lactones) is 1. The molecule has 0 radical (unpaired) electrons. The van der Waals surface area contributed by atoms with Crippen molar-refractivity contribution >= 4 is 23.6 Å². The van der Waals surface area contributed by atoms with E-state index in [4.69, 9.17) is 9.47 Å². The molecule has 0 aromatic heterocycles. The molecule has 0 saturated carbocycles. The summed E-state index contributed by atoms with van der Waals surface area (Å²) in [5, 5.41) is 5.31. The van der Waals surface area contributed by atoms with Gasteiger partial charge < -0.3 is 20.1 Å². The third-order valence-electron chi connectivity index (χ3n) is 4.94. The average molecular weight is 425 g/mol. The molecule has 2 aliphatic rings. The summed E-state index contributed by atoms with van der Waals surface area (Å²) in [6.45, 7) is 1.77. The van der Waals surface area contributed by atoms with Crippen LogP contribution < -0.4 is 15.4 Å². The molecular formula is C22H20FN3O5. The van der Waals surface area contributed by atoms with Crippen LogP contribution in [0.4, 0.5) is 14.9 Å². The lowest BCUT2D eigenvalue weighted by molar-refractivity contribution is -0.136. The maximum Gasteiger partial charge on any atom is 0.338 e. The Morgan fingerprint density at radius 2 is 2.06 bits per heavy atom.